The van der Waals surface area contributed by atoms with Crippen molar-refractivity contribution in [1.29, 1.82) is 0 Å². The smallest absolute Gasteiger partial charge is 0.143 e. The van der Waals surface area contributed by atoms with Gasteiger partial charge in [-0.3, -0.25) is 4.79 Å². The minimum absolute atomic E-state index is 0.0465. The summed E-state index contributed by atoms with van der Waals surface area (Å²) < 4.78 is 0. The Morgan fingerprint density at radius 3 is 2.50 bits per heavy atom. The summed E-state index contributed by atoms with van der Waals surface area (Å²) in [6, 6.07) is 0. The van der Waals surface area contributed by atoms with Gasteiger partial charge in [-0.05, 0) is 43.9 Å². The first-order chi connectivity index (χ1) is 6.75. The first-order valence-electron chi connectivity index (χ1n) is 5.99. The molecule has 0 amide bonds. The molecule has 0 aromatic carbocycles. The third-order valence-corrected chi connectivity index (χ3v) is 4.84. The fourth-order valence-corrected chi connectivity index (χ4v) is 3.66. The van der Waals surface area contributed by atoms with E-state index in [1.54, 1.807) is 0 Å². The summed E-state index contributed by atoms with van der Waals surface area (Å²) in [5.74, 6) is 2.55. The van der Waals surface area contributed by atoms with Crippen molar-refractivity contribution in [3.63, 3.8) is 0 Å². The highest BCUT2D eigenvalue weighted by molar-refractivity contribution is 5.90. The van der Waals surface area contributed by atoms with Crippen LogP contribution in [0.2, 0.25) is 0 Å². The number of Topliss-reactive ketones (excluding diaryl/α,β-unsaturated/α-hetero) is 1. The van der Waals surface area contributed by atoms with Crippen molar-refractivity contribution in [3.8, 4) is 0 Å². The van der Waals surface area contributed by atoms with Crippen LogP contribution in [0.5, 0.6) is 0 Å². The lowest BCUT2D eigenvalue weighted by atomic mass is 9.79. The molecule has 2 N–H and O–H groups in total. The Morgan fingerprint density at radius 1 is 1.29 bits per heavy atom. The van der Waals surface area contributed by atoms with Crippen molar-refractivity contribution < 1.29 is 4.79 Å². The van der Waals surface area contributed by atoms with Gasteiger partial charge in [0.15, 0.2) is 0 Å². The molecule has 78 valence electrons. The first-order valence-corrected chi connectivity index (χ1v) is 5.99. The minimum atomic E-state index is -0.0465. The van der Waals surface area contributed by atoms with E-state index in [2.05, 4.69) is 0 Å². The van der Waals surface area contributed by atoms with E-state index in [0.717, 1.165) is 24.7 Å². The zero-order chi connectivity index (χ0) is 9.76. The molecule has 0 spiro atoms. The monoisotopic (exact) mass is 193 g/mol. The molecule has 3 saturated carbocycles. The Morgan fingerprint density at radius 2 is 2.07 bits per heavy atom. The summed E-state index contributed by atoms with van der Waals surface area (Å²) in [5.41, 5.74) is 5.67. The van der Waals surface area contributed by atoms with Gasteiger partial charge in [0.25, 0.3) is 0 Å². The maximum atomic E-state index is 12.3. The molecule has 3 rings (SSSR count). The van der Waals surface area contributed by atoms with Crippen molar-refractivity contribution in [1.82, 2.24) is 0 Å². The second-order valence-corrected chi connectivity index (χ2v) is 5.63. The fraction of sp³-hybridized carbons (Fsp3) is 0.917. The number of nitrogens with two attached hydrogens (primary N) is 1. The molecule has 2 nitrogen and oxygen atoms in total. The molecule has 0 heterocycles. The molecule has 0 radical (unpaired) electrons. The van der Waals surface area contributed by atoms with Gasteiger partial charge in [-0.25, -0.2) is 0 Å². The van der Waals surface area contributed by atoms with Crippen molar-refractivity contribution >= 4 is 5.78 Å². The molecule has 0 saturated heterocycles. The largest absolute Gasteiger partial charge is 0.329 e. The van der Waals surface area contributed by atoms with E-state index in [1.165, 1.54) is 25.7 Å². The van der Waals surface area contributed by atoms with Gasteiger partial charge in [-0.1, -0.05) is 6.42 Å². The van der Waals surface area contributed by atoms with E-state index in [-0.39, 0.29) is 5.41 Å². The summed E-state index contributed by atoms with van der Waals surface area (Å²) in [6.07, 6.45) is 7.33. The van der Waals surface area contributed by atoms with Crippen LogP contribution >= 0.6 is 0 Å². The maximum Gasteiger partial charge on any atom is 0.143 e. The summed E-state index contributed by atoms with van der Waals surface area (Å²) in [5, 5.41) is 0. The number of fused-ring (bicyclic) bond motifs is 2. The Bertz CT molecular complexity index is 269. The molecule has 3 unspecified atom stereocenters. The van der Waals surface area contributed by atoms with Gasteiger partial charge in [0.2, 0.25) is 0 Å². The molecule has 2 bridgehead atoms. The van der Waals surface area contributed by atoms with E-state index in [4.69, 9.17) is 5.73 Å². The van der Waals surface area contributed by atoms with Crippen LogP contribution in [0.3, 0.4) is 0 Å². The van der Waals surface area contributed by atoms with Gasteiger partial charge < -0.3 is 5.73 Å². The Hall–Kier alpha value is -0.370. The Balaban J connectivity index is 1.74. The Labute approximate surface area is 85.2 Å². The lowest BCUT2D eigenvalue weighted by Crippen LogP contribution is -2.33. The summed E-state index contributed by atoms with van der Waals surface area (Å²) >= 11 is 0. The zero-order valence-corrected chi connectivity index (χ0v) is 8.67. The molecule has 3 atom stereocenters. The van der Waals surface area contributed by atoms with Crippen molar-refractivity contribution in [2.24, 2.45) is 28.9 Å². The van der Waals surface area contributed by atoms with Crippen molar-refractivity contribution in [2.75, 3.05) is 6.54 Å². The summed E-state index contributed by atoms with van der Waals surface area (Å²) in [4.78, 5) is 12.3. The molecule has 14 heavy (non-hydrogen) atoms. The van der Waals surface area contributed by atoms with Crippen LogP contribution in [0.1, 0.15) is 38.5 Å². The average Bonchev–Trinajstić information content (AvgIpc) is 2.73. The van der Waals surface area contributed by atoms with Gasteiger partial charge in [-0.2, -0.15) is 0 Å². The minimum Gasteiger partial charge on any atom is -0.329 e. The van der Waals surface area contributed by atoms with Gasteiger partial charge in [-0.15, -0.1) is 0 Å². The molecule has 2 heteroatoms. The number of carbonyl (C=O) groups excluding carboxylic acids is 1. The van der Waals surface area contributed by atoms with Gasteiger partial charge >= 0.3 is 0 Å². The molecular weight excluding hydrogens is 174 g/mol. The van der Waals surface area contributed by atoms with Crippen LogP contribution in [0.4, 0.5) is 0 Å². The second-order valence-electron chi connectivity index (χ2n) is 5.63. The SMILES string of the molecule is NCC1(C(=O)C2CC3CCC2C3)CC1. The van der Waals surface area contributed by atoms with Crippen LogP contribution in [0, 0.1) is 23.2 Å². The molecule has 3 aliphatic carbocycles. The molecule has 0 aliphatic heterocycles. The number of rotatable bonds is 3. The van der Waals surface area contributed by atoms with Crippen LogP contribution in [-0.2, 0) is 4.79 Å². The molecule has 0 aromatic heterocycles. The van der Waals surface area contributed by atoms with Gasteiger partial charge in [0, 0.05) is 17.9 Å². The normalized spacial score (nSPS) is 42.8. The number of carbonyl (C=O) groups is 1. The number of hydrogen-bond acceptors (Lipinski definition) is 2. The van der Waals surface area contributed by atoms with Crippen LogP contribution in [0.25, 0.3) is 0 Å². The number of ketones is 1. The van der Waals surface area contributed by atoms with E-state index < -0.39 is 0 Å². The highest BCUT2D eigenvalue weighted by Crippen LogP contribution is 2.55. The molecular formula is C12H19NO. The van der Waals surface area contributed by atoms with Gasteiger partial charge in [0.1, 0.15) is 5.78 Å². The highest BCUT2D eigenvalue weighted by Gasteiger charge is 2.54. The fourth-order valence-electron chi connectivity index (χ4n) is 3.66. The molecule has 0 aromatic rings. The van der Waals surface area contributed by atoms with Crippen LogP contribution in [0.15, 0.2) is 0 Å². The predicted octanol–water partition coefficient (Wildman–Crippen LogP) is 1.73. The van der Waals surface area contributed by atoms with Crippen molar-refractivity contribution in [3.05, 3.63) is 0 Å². The lowest BCUT2D eigenvalue weighted by Gasteiger charge is -2.24. The first kappa shape index (κ1) is 8.90. The second kappa shape index (κ2) is 2.82. The Kier molecular flexibility index (Phi) is 1.79. The molecule has 3 fully saturated rings. The van der Waals surface area contributed by atoms with E-state index in [0.29, 0.717) is 18.2 Å². The topological polar surface area (TPSA) is 43.1 Å². The van der Waals surface area contributed by atoms with Crippen LogP contribution < -0.4 is 5.73 Å². The quantitative estimate of drug-likeness (QED) is 0.741. The van der Waals surface area contributed by atoms with Crippen LogP contribution in [-0.4, -0.2) is 12.3 Å². The van der Waals surface area contributed by atoms with E-state index in [9.17, 15) is 4.79 Å². The third-order valence-electron chi connectivity index (χ3n) is 4.84. The van der Waals surface area contributed by atoms with E-state index in [1.807, 2.05) is 0 Å². The average molecular weight is 193 g/mol. The van der Waals surface area contributed by atoms with Gasteiger partial charge in [0.05, 0.1) is 0 Å². The van der Waals surface area contributed by atoms with Crippen molar-refractivity contribution in [2.45, 2.75) is 38.5 Å². The summed E-state index contributed by atoms with van der Waals surface area (Å²) in [6.45, 7) is 0.597. The summed E-state index contributed by atoms with van der Waals surface area (Å²) in [7, 11) is 0. The third kappa shape index (κ3) is 1.10. The number of hydrogen-bond donors (Lipinski definition) is 1. The zero-order valence-electron chi connectivity index (χ0n) is 8.67. The molecule has 3 aliphatic rings. The standard InChI is InChI=1S/C12H19NO/c13-7-12(3-4-12)11(14)10-6-8-1-2-9(10)5-8/h8-10H,1-7,13H2. The predicted molar refractivity (Wildman–Crippen MR) is 54.7 cm³/mol. The van der Waals surface area contributed by atoms with E-state index >= 15 is 0 Å². The highest BCUT2D eigenvalue weighted by atomic mass is 16.1. The lowest BCUT2D eigenvalue weighted by molar-refractivity contribution is -0.129. The maximum absolute atomic E-state index is 12.3.